The molecular weight excluding hydrogens is 266 g/mol. The molecule has 0 aromatic heterocycles. The van der Waals surface area contributed by atoms with E-state index in [-0.39, 0.29) is 0 Å². The summed E-state index contributed by atoms with van der Waals surface area (Å²) in [6.07, 6.45) is 0. The average Bonchev–Trinajstić information content (AvgIpc) is 1.25. The molecule has 0 spiro atoms. The lowest BCUT2D eigenvalue weighted by Gasteiger charge is -2.14. The topological polar surface area (TPSA) is 0 Å². The van der Waals surface area contributed by atoms with Gasteiger partial charge >= 0.3 is 10.9 Å². The van der Waals surface area contributed by atoms with Crippen LogP contribution in [0.15, 0.2) is 0 Å². The molecule has 0 saturated heterocycles. The summed E-state index contributed by atoms with van der Waals surface area (Å²) in [5.74, 6) is 0. The van der Waals surface area contributed by atoms with Crippen molar-refractivity contribution in [3.05, 3.63) is 0 Å². The van der Waals surface area contributed by atoms with E-state index in [9.17, 15) is 0 Å². The number of hydrogen-bond acceptors (Lipinski definition) is 1. The molecule has 0 fully saturated rings. The highest BCUT2D eigenvalue weighted by molar-refractivity contribution is 8.42. The van der Waals surface area contributed by atoms with Gasteiger partial charge in [-0.15, -0.1) is 55.4 Å². The quantitative estimate of drug-likeness (QED) is 0.421. The Bertz CT molecular complexity index is 65.4. The van der Waals surface area contributed by atoms with Gasteiger partial charge in [0.25, 0.3) is 0 Å². The maximum atomic E-state index is 5.44. The van der Waals surface area contributed by atoms with Crippen LogP contribution in [0.2, 0.25) is 0 Å². The minimum atomic E-state index is -2.91. The molecule has 0 aliphatic rings. The molecule has 0 aromatic carbocycles. The van der Waals surface area contributed by atoms with E-state index in [0.29, 0.717) is 0 Å². The van der Waals surface area contributed by atoms with Crippen molar-refractivity contribution in [2.45, 2.75) is 0 Å². The first-order chi connectivity index (χ1) is 3.25. The zero-order chi connectivity index (χ0) is 7.00. The second kappa shape index (κ2) is 3.09. The predicted octanol–water partition coefficient (Wildman–Crippen LogP) is 3.07. The van der Waals surface area contributed by atoms with Gasteiger partial charge in [-0.3, -0.25) is 0 Å². The summed E-state index contributed by atoms with van der Waals surface area (Å²) in [6, 6.07) is 0. The smallest absolute Gasteiger partial charge is 0.170 e. The number of thiol groups is 1. The third-order valence-corrected chi connectivity index (χ3v) is 27.6. The lowest BCUT2D eigenvalue weighted by atomic mass is 26.7. The Morgan fingerprint density at radius 3 is 1.00 bits per heavy atom. The molecule has 0 nitrogen and oxygen atoms in total. The Morgan fingerprint density at radius 1 is 0.875 bits per heavy atom. The minimum Gasteiger partial charge on any atom is -0.170 e. The molecule has 0 atom stereocenters. The van der Waals surface area contributed by atoms with E-state index >= 15 is 0 Å². The van der Waals surface area contributed by atoms with E-state index in [2.05, 4.69) is 12.1 Å². The van der Waals surface area contributed by atoms with E-state index in [4.69, 9.17) is 55.4 Å². The van der Waals surface area contributed by atoms with Gasteiger partial charge < -0.3 is 0 Å². The highest BCUT2D eigenvalue weighted by Crippen LogP contribution is 2.39. The van der Waals surface area contributed by atoms with Crippen molar-refractivity contribution in [1.29, 1.82) is 0 Å². The van der Waals surface area contributed by atoms with Gasteiger partial charge in [0.2, 0.25) is 0 Å². The molecule has 0 saturated carbocycles. The second-order valence-electron chi connectivity index (χ2n) is 1.04. The molecular formula is HCl5SSi2. The number of halogens is 5. The predicted molar refractivity (Wildman–Crippen MR) is 49.8 cm³/mol. The molecule has 0 unspecified atom stereocenters. The SMILES string of the molecule is S[Si](Cl)(Cl)[Si](Cl)(Cl)Cl. The van der Waals surface area contributed by atoms with Crippen molar-refractivity contribution in [3.8, 4) is 0 Å². The normalized spacial score (nSPS) is 14.2. The first-order valence-electron chi connectivity index (χ1n) is 1.42. The van der Waals surface area contributed by atoms with Gasteiger partial charge in [-0.1, -0.05) is 0 Å². The lowest BCUT2D eigenvalue weighted by Crippen LogP contribution is -2.36. The fourth-order valence-corrected chi connectivity index (χ4v) is 0. The Labute approximate surface area is 77.8 Å². The van der Waals surface area contributed by atoms with Crippen LogP contribution in [-0.4, -0.2) is 10.9 Å². The second-order valence-corrected chi connectivity index (χ2v) is 28.1. The molecule has 0 radical (unpaired) electrons. The summed E-state index contributed by atoms with van der Waals surface area (Å²) >= 11 is 30.9. The van der Waals surface area contributed by atoms with Gasteiger partial charge in [-0.05, 0) is 0 Å². The summed E-state index contributed by atoms with van der Waals surface area (Å²) in [6.45, 7) is 0. The van der Waals surface area contributed by atoms with Crippen molar-refractivity contribution in [2.24, 2.45) is 0 Å². The fourth-order valence-electron chi connectivity index (χ4n) is 0. The molecule has 50 valence electrons. The van der Waals surface area contributed by atoms with E-state index in [1.165, 1.54) is 0 Å². The van der Waals surface area contributed by atoms with Gasteiger partial charge in [0.05, 0.1) is 0 Å². The van der Waals surface area contributed by atoms with Crippen LogP contribution in [-0.2, 0) is 0 Å². The van der Waals surface area contributed by atoms with Crippen LogP contribution in [0.1, 0.15) is 0 Å². The van der Waals surface area contributed by atoms with Gasteiger partial charge in [0.15, 0.2) is 0 Å². The zero-order valence-corrected chi connectivity index (χ0v) is 10.0. The largest absolute Gasteiger partial charge is 0.370 e. The van der Waals surface area contributed by atoms with Crippen LogP contribution >= 0.6 is 67.5 Å². The molecule has 0 amide bonds. The summed E-state index contributed by atoms with van der Waals surface area (Å²) in [5, 5.41) is -2.78. The van der Waals surface area contributed by atoms with Gasteiger partial charge in [0, 0.05) is 0 Å². The molecule has 0 aliphatic carbocycles. The van der Waals surface area contributed by atoms with E-state index < -0.39 is 10.9 Å². The fraction of sp³-hybridized carbons (Fsp3) is 0. The van der Waals surface area contributed by atoms with Gasteiger partial charge in [-0.25, -0.2) is 0 Å². The van der Waals surface area contributed by atoms with Crippen molar-refractivity contribution in [1.82, 2.24) is 0 Å². The molecule has 0 N–H and O–H groups in total. The Hall–Kier alpha value is 2.23. The van der Waals surface area contributed by atoms with Crippen LogP contribution in [0.5, 0.6) is 0 Å². The van der Waals surface area contributed by atoms with Gasteiger partial charge in [0.1, 0.15) is 0 Å². The van der Waals surface area contributed by atoms with Crippen molar-refractivity contribution < 1.29 is 0 Å². The maximum Gasteiger partial charge on any atom is 0.370 e. The summed E-state index contributed by atoms with van der Waals surface area (Å²) < 4.78 is 0. The molecule has 0 aromatic rings. The van der Waals surface area contributed by atoms with Crippen LogP contribution < -0.4 is 0 Å². The third kappa shape index (κ3) is 3.41. The minimum absolute atomic E-state index is 2.78. The third-order valence-electron chi connectivity index (χ3n) is 0.341. The van der Waals surface area contributed by atoms with Crippen LogP contribution in [0, 0.1) is 0 Å². The zero-order valence-electron chi connectivity index (χ0n) is 3.34. The monoisotopic (exact) mass is 264 g/mol. The highest BCUT2D eigenvalue weighted by Gasteiger charge is 2.50. The van der Waals surface area contributed by atoms with E-state index in [1.807, 2.05) is 0 Å². The average molecular weight is 267 g/mol. The van der Waals surface area contributed by atoms with Crippen LogP contribution in [0.25, 0.3) is 0 Å². The standard InChI is InChI=1S/Cl5HSSi2/c1-7(2,3)8(4,5)6/h6H. The van der Waals surface area contributed by atoms with Crippen molar-refractivity contribution in [3.63, 3.8) is 0 Å². The highest BCUT2D eigenvalue weighted by atomic mass is 35.9. The lowest BCUT2D eigenvalue weighted by molar-refractivity contribution is 3.54. The molecule has 0 aliphatic heterocycles. The van der Waals surface area contributed by atoms with Crippen LogP contribution in [0.4, 0.5) is 0 Å². The van der Waals surface area contributed by atoms with Crippen LogP contribution in [0.3, 0.4) is 0 Å². The Kier molecular flexibility index (Phi) is 3.95. The molecule has 0 heterocycles. The first kappa shape index (κ1) is 10.2. The molecule has 0 bridgehead atoms. The Morgan fingerprint density at radius 2 is 1.00 bits per heavy atom. The molecule has 0 rings (SSSR count). The maximum absolute atomic E-state index is 5.44. The number of hydrogen-bond donors (Lipinski definition) is 1. The Balaban J connectivity index is 4.02. The van der Waals surface area contributed by atoms with Crippen molar-refractivity contribution >= 4 is 78.4 Å². The van der Waals surface area contributed by atoms with Gasteiger partial charge in [-0.2, -0.15) is 12.1 Å². The van der Waals surface area contributed by atoms with Crippen molar-refractivity contribution in [2.75, 3.05) is 0 Å². The van der Waals surface area contributed by atoms with E-state index in [0.717, 1.165) is 0 Å². The van der Waals surface area contributed by atoms with E-state index in [1.54, 1.807) is 0 Å². The summed E-state index contributed by atoms with van der Waals surface area (Å²) in [5.41, 5.74) is -2.91. The summed E-state index contributed by atoms with van der Waals surface area (Å²) in [7, 11) is 0. The number of rotatable bonds is 1. The summed E-state index contributed by atoms with van der Waals surface area (Å²) in [4.78, 5) is 0. The first-order valence-corrected chi connectivity index (χ1v) is 12.8. The molecule has 8 heteroatoms. The molecule has 8 heavy (non-hydrogen) atoms.